The summed E-state index contributed by atoms with van der Waals surface area (Å²) >= 11 is 7.41. The molecule has 12 aromatic rings. The van der Waals surface area contributed by atoms with E-state index in [9.17, 15) is 0 Å². The zero-order valence-corrected chi connectivity index (χ0v) is 32.5. The number of hydrogen-bond acceptors (Lipinski definition) is 6. The van der Waals surface area contributed by atoms with Crippen molar-refractivity contribution < 1.29 is 0 Å². The predicted molar refractivity (Wildman–Crippen MR) is 244 cm³/mol. The Morgan fingerprint density at radius 2 is 0.891 bits per heavy atom. The highest BCUT2D eigenvalue weighted by Gasteiger charge is 2.20. The predicted octanol–water partition coefficient (Wildman–Crippen LogP) is 16.2. The van der Waals surface area contributed by atoms with Gasteiger partial charge in [-0.15, -0.1) is 45.3 Å². The molecule has 4 aromatic heterocycles. The molecular formula is C49H28N2S4. The van der Waals surface area contributed by atoms with E-state index in [-0.39, 0.29) is 0 Å². The van der Waals surface area contributed by atoms with Gasteiger partial charge in [-0.1, -0.05) is 109 Å². The second-order valence-electron chi connectivity index (χ2n) is 13.9. The summed E-state index contributed by atoms with van der Waals surface area (Å²) in [5.74, 6) is 0. The molecule has 8 aromatic carbocycles. The molecule has 0 saturated heterocycles. The molecule has 4 heterocycles. The van der Waals surface area contributed by atoms with Gasteiger partial charge in [0.2, 0.25) is 0 Å². The van der Waals surface area contributed by atoms with Gasteiger partial charge >= 0.3 is 0 Å². The van der Waals surface area contributed by atoms with E-state index in [1.807, 2.05) is 34.0 Å². The van der Waals surface area contributed by atoms with Crippen molar-refractivity contribution in [3.63, 3.8) is 0 Å². The summed E-state index contributed by atoms with van der Waals surface area (Å²) < 4.78 is 9.09. The molecule has 258 valence electrons. The Bertz CT molecular complexity index is 3330. The molecule has 0 saturated carbocycles. The fourth-order valence-corrected chi connectivity index (χ4v) is 12.8. The lowest BCUT2D eigenvalue weighted by Crippen LogP contribution is -2.09. The fourth-order valence-electron chi connectivity index (χ4n) is 8.13. The minimum absolute atomic E-state index is 1.05. The number of aromatic nitrogens is 1. The minimum atomic E-state index is 1.05. The standard InChI is InChI=1S/C49H28N2S4/c1-2-10-30(11-3-1)49-50-40-28-39(47-46(48(40)55-49)38-14-6-9-17-43(38)54-47)29-18-20-31(21-19-29)51(32-22-24-36-34-12-4-7-15-41(34)52-44(36)26-32)33-23-25-37-35-13-5-8-16-42(35)53-45(37)27-33/h1-28H. The lowest BCUT2D eigenvalue weighted by molar-refractivity contribution is 1.30. The Balaban J connectivity index is 1.03. The van der Waals surface area contributed by atoms with Crippen molar-refractivity contribution in [2.45, 2.75) is 0 Å². The molecule has 0 aliphatic rings. The fraction of sp³-hybridized carbons (Fsp3) is 0. The normalized spacial score (nSPS) is 12.0. The Labute approximate surface area is 332 Å². The van der Waals surface area contributed by atoms with E-state index >= 15 is 0 Å². The van der Waals surface area contributed by atoms with E-state index in [1.165, 1.54) is 76.3 Å². The topological polar surface area (TPSA) is 16.1 Å². The number of thiophene rings is 3. The van der Waals surface area contributed by atoms with E-state index in [0.717, 1.165) is 33.1 Å². The molecule has 0 unspecified atom stereocenters. The van der Waals surface area contributed by atoms with Gasteiger partial charge in [0.25, 0.3) is 0 Å². The highest BCUT2D eigenvalue weighted by atomic mass is 32.1. The number of benzene rings is 8. The number of nitrogens with zero attached hydrogens (tertiary/aromatic N) is 2. The molecule has 55 heavy (non-hydrogen) atoms. The summed E-state index contributed by atoms with van der Waals surface area (Å²) in [6.07, 6.45) is 0. The molecule has 0 aliphatic carbocycles. The SMILES string of the molecule is c1ccc(-c2nc3cc(-c4ccc(N(c5ccc6c(c5)sc5ccccc56)c5ccc6c(c5)sc5ccccc56)cc4)c4sc5ccccc5c4c3s2)cc1. The molecule has 0 aliphatic heterocycles. The van der Waals surface area contributed by atoms with Crippen molar-refractivity contribution in [1.29, 1.82) is 0 Å². The second-order valence-corrected chi connectivity index (χ2v) is 18.1. The maximum Gasteiger partial charge on any atom is 0.124 e. The lowest BCUT2D eigenvalue weighted by atomic mass is 10.0. The quantitative estimate of drug-likeness (QED) is 0.173. The second kappa shape index (κ2) is 12.3. The number of thiazole rings is 1. The number of anilines is 3. The first-order valence-electron chi connectivity index (χ1n) is 18.3. The first kappa shape index (κ1) is 31.5. The molecular weight excluding hydrogens is 745 g/mol. The molecule has 12 rings (SSSR count). The number of hydrogen-bond donors (Lipinski definition) is 0. The monoisotopic (exact) mass is 772 g/mol. The first-order valence-corrected chi connectivity index (χ1v) is 21.5. The van der Waals surface area contributed by atoms with E-state index in [2.05, 4.69) is 175 Å². The van der Waals surface area contributed by atoms with Crippen molar-refractivity contribution in [2.24, 2.45) is 0 Å². The van der Waals surface area contributed by atoms with Crippen LogP contribution in [-0.2, 0) is 0 Å². The van der Waals surface area contributed by atoms with Crippen molar-refractivity contribution >= 4 is 133 Å². The minimum Gasteiger partial charge on any atom is -0.310 e. The van der Waals surface area contributed by atoms with E-state index in [4.69, 9.17) is 4.98 Å². The van der Waals surface area contributed by atoms with Gasteiger partial charge in [0.1, 0.15) is 5.01 Å². The van der Waals surface area contributed by atoms with Crippen LogP contribution in [0.1, 0.15) is 0 Å². The van der Waals surface area contributed by atoms with Crippen molar-refractivity contribution in [1.82, 2.24) is 4.98 Å². The highest BCUT2D eigenvalue weighted by Crippen LogP contribution is 2.48. The maximum atomic E-state index is 5.23. The van der Waals surface area contributed by atoms with Gasteiger partial charge in [-0.3, -0.25) is 0 Å². The van der Waals surface area contributed by atoms with Crippen LogP contribution in [0.5, 0.6) is 0 Å². The zero-order chi connectivity index (χ0) is 36.0. The molecule has 0 radical (unpaired) electrons. The van der Waals surface area contributed by atoms with Crippen molar-refractivity contribution in [3.8, 4) is 21.7 Å². The molecule has 2 nitrogen and oxygen atoms in total. The zero-order valence-electron chi connectivity index (χ0n) is 29.2. The number of rotatable bonds is 5. The van der Waals surface area contributed by atoms with Gasteiger partial charge in [-0.2, -0.15) is 0 Å². The first-order chi connectivity index (χ1) is 27.2. The third-order valence-electron chi connectivity index (χ3n) is 10.7. The third-order valence-corrected chi connectivity index (χ3v) is 15.3. The van der Waals surface area contributed by atoms with Crippen LogP contribution in [0.25, 0.3) is 92.4 Å². The largest absolute Gasteiger partial charge is 0.310 e. The van der Waals surface area contributed by atoms with Crippen molar-refractivity contribution in [3.05, 3.63) is 170 Å². The molecule has 0 N–H and O–H groups in total. The summed E-state index contributed by atoms with van der Waals surface area (Å²) in [5, 5.41) is 8.91. The van der Waals surface area contributed by atoms with Crippen LogP contribution in [0.2, 0.25) is 0 Å². The Hall–Kier alpha value is -5.89. The number of fused-ring (bicyclic) bond motifs is 11. The molecule has 6 heteroatoms. The average molecular weight is 773 g/mol. The van der Waals surface area contributed by atoms with Gasteiger partial charge in [0.15, 0.2) is 0 Å². The highest BCUT2D eigenvalue weighted by molar-refractivity contribution is 7.28. The average Bonchev–Trinajstić information content (AvgIpc) is 4.02. The summed E-state index contributed by atoms with van der Waals surface area (Å²) in [4.78, 5) is 7.65. The molecule has 0 fully saturated rings. The Kier molecular flexibility index (Phi) is 7.04. The summed E-state index contributed by atoms with van der Waals surface area (Å²) in [7, 11) is 0. The maximum absolute atomic E-state index is 5.23. The van der Waals surface area contributed by atoms with Crippen LogP contribution in [0.4, 0.5) is 17.1 Å². The van der Waals surface area contributed by atoms with Gasteiger partial charge in [0.05, 0.1) is 10.2 Å². The molecule has 0 amide bonds. The van der Waals surface area contributed by atoms with Crippen LogP contribution < -0.4 is 4.90 Å². The van der Waals surface area contributed by atoms with Gasteiger partial charge in [-0.25, -0.2) is 4.98 Å². The summed E-state index contributed by atoms with van der Waals surface area (Å²) in [6.45, 7) is 0. The van der Waals surface area contributed by atoms with E-state index in [1.54, 1.807) is 11.3 Å². The summed E-state index contributed by atoms with van der Waals surface area (Å²) in [6, 6.07) is 62.2. The van der Waals surface area contributed by atoms with E-state index in [0.29, 0.717) is 0 Å². The lowest BCUT2D eigenvalue weighted by Gasteiger charge is -2.26. The van der Waals surface area contributed by atoms with E-state index < -0.39 is 0 Å². The Morgan fingerprint density at radius 1 is 0.364 bits per heavy atom. The van der Waals surface area contributed by atoms with Crippen LogP contribution in [0.3, 0.4) is 0 Å². The van der Waals surface area contributed by atoms with Gasteiger partial charge in [-0.05, 0) is 66.2 Å². The molecule has 0 bridgehead atoms. The van der Waals surface area contributed by atoms with Gasteiger partial charge in [0, 0.05) is 88.7 Å². The van der Waals surface area contributed by atoms with Crippen LogP contribution in [-0.4, -0.2) is 4.98 Å². The van der Waals surface area contributed by atoms with Crippen LogP contribution >= 0.6 is 45.3 Å². The molecule has 0 spiro atoms. The molecule has 0 atom stereocenters. The van der Waals surface area contributed by atoms with Crippen LogP contribution in [0, 0.1) is 0 Å². The van der Waals surface area contributed by atoms with Crippen LogP contribution in [0.15, 0.2) is 170 Å². The Morgan fingerprint density at radius 3 is 1.53 bits per heavy atom. The third kappa shape index (κ3) is 4.99. The summed E-state index contributed by atoms with van der Waals surface area (Å²) in [5.41, 5.74) is 8.05. The smallest absolute Gasteiger partial charge is 0.124 e. The van der Waals surface area contributed by atoms with Gasteiger partial charge < -0.3 is 4.90 Å². The van der Waals surface area contributed by atoms with Crippen molar-refractivity contribution in [2.75, 3.05) is 4.90 Å².